The molecule has 2 atom stereocenters. The molecule has 3 aromatic carbocycles. The maximum absolute atomic E-state index is 2.55. The Labute approximate surface area is 204 Å². The van der Waals surface area contributed by atoms with E-state index in [0.29, 0.717) is 5.92 Å². The second kappa shape index (κ2) is 8.23. The molecule has 0 fully saturated rings. The van der Waals surface area contributed by atoms with Crippen LogP contribution in [0.1, 0.15) is 37.8 Å². The van der Waals surface area contributed by atoms with E-state index in [-0.39, 0.29) is 5.16 Å². The van der Waals surface area contributed by atoms with E-state index < -0.39 is 7.92 Å². The first-order valence-electron chi connectivity index (χ1n) is 12.1. The first-order chi connectivity index (χ1) is 16.6. The standard InChI is InChI=1S/C33H29P/c1-23-22-31-29(25(23)3)19-12-20-33(31,32-24(2)21-26-13-10-11-18-30(26)32)34(27-14-6-4-7-15-27)28-16-8-5-9-17-28/h4-22,32H,1-3H3/t32-,33?/m1/s1. The summed E-state index contributed by atoms with van der Waals surface area (Å²) in [6.07, 6.45) is 12.1. The minimum atomic E-state index is -0.749. The zero-order chi connectivity index (χ0) is 23.3. The van der Waals surface area contributed by atoms with Crippen molar-refractivity contribution in [2.45, 2.75) is 31.8 Å². The fraction of sp³-hybridized carbons (Fsp3) is 0.152. The van der Waals surface area contributed by atoms with Gasteiger partial charge < -0.3 is 0 Å². The molecule has 3 aliphatic rings. The molecule has 0 saturated heterocycles. The molecule has 0 radical (unpaired) electrons. The van der Waals surface area contributed by atoms with Crippen molar-refractivity contribution in [3.63, 3.8) is 0 Å². The summed E-state index contributed by atoms with van der Waals surface area (Å²) in [4.78, 5) is 0. The highest BCUT2D eigenvalue weighted by Gasteiger charge is 2.52. The number of allylic oxidation sites excluding steroid dienone is 9. The molecule has 1 unspecified atom stereocenters. The normalized spacial score (nSPS) is 22.9. The van der Waals surface area contributed by atoms with Gasteiger partial charge in [0.05, 0.1) is 5.16 Å². The summed E-state index contributed by atoms with van der Waals surface area (Å²) in [5.74, 6) is 0.292. The summed E-state index contributed by atoms with van der Waals surface area (Å²) < 4.78 is 0. The molecule has 0 nitrogen and oxygen atoms in total. The molecule has 0 aromatic heterocycles. The van der Waals surface area contributed by atoms with E-state index in [1.54, 1.807) is 0 Å². The molecule has 0 N–H and O–H groups in total. The van der Waals surface area contributed by atoms with Crippen molar-refractivity contribution in [3.05, 3.63) is 148 Å². The van der Waals surface area contributed by atoms with E-state index >= 15 is 0 Å². The van der Waals surface area contributed by atoms with Crippen LogP contribution >= 0.6 is 7.92 Å². The highest BCUT2D eigenvalue weighted by Crippen LogP contribution is 2.66. The Morgan fingerprint density at radius 3 is 2.00 bits per heavy atom. The van der Waals surface area contributed by atoms with Gasteiger partial charge in [0.25, 0.3) is 0 Å². The monoisotopic (exact) mass is 456 g/mol. The van der Waals surface area contributed by atoms with E-state index in [0.717, 1.165) is 0 Å². The molecule has 3 aromatic rings. The summed E-state index contributed by atoms with van der Waals surface area (Å²) in [6.45, 7) is 6.89. The number of benzene rings is 3. The number of fused-ring (bicyclic) bond motifs is 2. The van der Waals surface area contributed by atoms with Crippen molar-refractivity contribution >= 4 is 24.6 Å². The summed E-state index contributed by atoms with van der Waals surface area (Å²) in [7, 11) is -0.749. The zero-order valence-electron chi connectivity index (χ0n) is 20.0. The van der Waals surface area contributed by atoms with Crippen LogP contribution in [0.5, 0.6) is 0 Å². The van der Waals surface area contributed by atoms with Crippen LogP contribution < -0.4 is 10.6 Å². The molecule has 6 rings (SSSR count). The Bertz CT molecular complexity index is 1380. The summed E-state index contributed by atoms with van der Waals surface area (Å²) in [5.41, 5.74) is 9.97. The van der Waals surface area contributed by atoms with Crippen molar-refractivity contribution in [2.75, 3.05) is 0 Å². The second-order valence-corrected chi connectivity index (χ2v) is 12.0. The number of hydrogen-bond donors (Lipinski definition) is 0. The molecular weight excluding hydrogens is 427 g/mol. The molecular formula is C33H29P. The lowest BCUT2D eigenvalue weighted by atomic mass is 9.74. The van der Waals surface area contributed by atoms with Crippen LogP contribution in [0.3, 0.4) is 0 Å². The van der Waals surface area contributed by atoms with Gasteiger partial charge in [-0.3, -0.25) is 0 Å². The smallest absolute Gasteiger partial charge is 0.0528 e. The predicted molar refractivity (Wildman–Crippen MR) is 148 cm³/mol. The van der Waals surface area contributed by atoms with Crippen molar-refractivity contribution in [2.24, 2.45) is 0 Å². The van der Waals surface area contributed by atoms with Crippen molar-refractivity contribution in [1.82, 2.24) is 0 Å². The van der Waals surface area contributed by atoms with Gasteiger partial charge in [-0.15, -0.1) is 0 Å². The van der Waals surface area contributed by atoms with Crippen LogP contribution in [-0.2, 0) is 0 Å². The molecule has 0 spiro atoms. The van der Waals surface area contributed by atoms with E-state index in [1.165, 1.54) is 49.6 Å². The third-order valence-corrected chi connectivity index (χ3v) is 10.7. The molecule has 34 heavy (non-hydrogen) atoms. The fourth-order valence-corrected chi connectivity index (χ4v) is 9.47. The lowest BCUT2D eigenvalue weighted by Crippen LogP contribution is -2.42. The summed E-state index contributed by atoms with van der Waals surface area (Å²) in [6, 6.07) is 31.5. The van der Waals surface area contributed by atoms with Crippen LogP contribution in [0, 0.1) is 0 Å². The van der Waals surface area contributed by atoms with Gasteiger partial charge in [-0.25, -0.2) is 0 Å². The molecule has 0 bridgehead atoms. The predicted octanol–water partition coefficient (Wildman–Crippen LogP) is 7.83. The van der Waals surface area contributed by atoms with E-state index in [1.807, 2.05) is 0 Å². The molecule has 1 heteroatoms. The topological polar surface area (TPSA) is 0 Å². The molecule has 0 amide bonds. The van der Waals surface area contributed by atoms with Crippen LogP contribution in [0.2, 0.25) is 0 Å². The van der Waals surface area contributed by atoms with Crippen LogP contribution in [0.15, 0.2) is 137 Å². The van der Waals surface area contributed by atoms with Crippen molar-refractivity contribution in [3.8, 4) is 0 Å². The third-order valence-electron chi connectivity index (χ3n) is 7.68. The van der Waals surface area contributed by atoms with Gasteiger partial charge in [-0.2, -0.15) is 0 Å². The quantitative estimate of drug-likeness (QED) is 0.351. The third kappa shape index (κ3) is 3.09. The van der Waals surface area contributed by atoms with Crippen LogP contribution in [-0.4, -0.2) is 5.16 Å². The summed E-state index contributed by atoms with van der Waals surface area (Å²) >= 11 is 0. The largest absolute Gasteiger partial charge is 0.0681 e. The van der Waals surface area contributed by atoms with Gasteiger partial charge in [-0.1, -0.05) is 121 Å². The van der Waals surface area contributed by atoms with Crippen LogP contribution in [0.4, 0.5) is 0 Å². The fourth-order valence-electron chi connectivity index (χ4n) is 6.11. The highest BCUT2D eigenvalue weighted by atomic mass is 31.1. The Balaban J connectivity index is 1.70. The van der Waals surface area contributed by atoms with Gasteiger partial charge in [0, 0.05) is 5.92 Å². The van der Waals surface area contributed by atoms with E-state index in [2.05, 4.69) is 136 Å². The van der Waals surface area contributed by atoms with Crippen molar-refractivity contribution < 1.29 is 0 Å². The SMILES string of the molecule is CC1=Cc2ccccc2[C@@H]1C1(P(c2ccccc2)c2ccccc2)C=CC=C2C1=CC(C)=C2C. The van der Waals surface area contributed by atoms with Crippen molar-refractivity contribution in [1.29, 1.82) is 0 Å². The average molecular weight is 457 g/mol. The first kappa shape index (κ1) is 21.3. The maximum atomic E-state index is 2.55. The lowest BCUT2D eigenvalue weighted by molar-refractivity contribution is 0.694. The molecule has 3 aliphatic carbocycles. The van der Waals surface area contributed by atoms with E-state index in [4.69, 9.17) is 0 Å². The highest BCUT2D eigenvalue weighted by molar-refractivity contribution is 7.75. The molecule has 0 aliphatic heterocycles. The Morgan fingerprint density at radius 1 is 0.706 bits per heavy atom. The summed E-state index contributed by atoms with van der Waals surface area (Å²) in [5, 5.41) is 2.68. The average Bonchev–Trinajstić information content (AvgIpc) is 3.36. The van der Waals surface area contributed by atoms with Crippen LogP contribution in [0.25, 0.3) is 6.08 Å². The van der Waals surface area contributed by atoms with Gasteiger partial charge in [0.1, 0.15) is 0 Å². The van der Waals surface area contributed by atoms with Gasteiger partial charge in [-0.05, 0) is 72.7 Å². The Morgan fingerprint density at radius 2 is 1.32 bits per heavy atom. The van der Waals surface area contributed by atoms with Gasteiger partial charge in [0.15, 0.2) is 0 Å². The molecule has 166 valence electrons. The Hall–Kier alpha value is -3.21. The lowest BCUT2D eigenvalue weighted by Gasteiger charge is -2.48. The minimum absolute atomic E-state index is 0.172. The number of rotatable bonds is 4. The van der Waals surface area contributed by atoms with E-state index in [9.17, 15) is 0 Å². The second-order valence-electron chi connectivity index (χ2n) is 9.59. The first-order valence-corrected chi connectivity index (χ1v) is 13.4. The zero-order valence-corrected chi connectivity index (χ0v) is 20.9. The van der Waals surface area contributed by atoms with Gasteiger partial charge in [0.2, 0.25) is 0 Å². The number of hydrogen-bond acceptors (Lipinski definition) is 0. The maximum Gasteiger partial charge on any atom is 0.0528 e. The molecule has 0 heterocycles. The molecule has 0 saturated carbocycles. The minimum Gasteiger partial charge on any atom is -0.0681 e. The van der Waals surface area contributed by atoms with Gasteiger partial charge >= 0.3 is 0 Å². The Kier molecular flexibility index (Phi) is 5.16.